The van der Waals surface area contributed by atoms with Gasteiger partial charge in [-0.25, -0.2) is 4.68 Å². The quantitative estimate of drug-likeness (QED) is 0.854. The molecule has 0 amide bonds. The van der Waals surface area contributed by atoms with Crippen molar-refractivity contribution in [3.8, 4) is 5.82 Å². The van der Waals surface area contributed by atoms with Crippen LogP contribution in [-0.4, -0.2) is 36.8 Å². The van der Waals surface area contributed by atoms with Gasteiger partial charge in [0.25, 0.3) is 0 Å². The first-order chi connectivity index (χ1) is 9.63. The van der Waals surface area contributed by atoms with Crippen molar-refractivity contribution in [1.29, 1.82) is 0 Å². The van der Waals surface area contributed by atoms with E-state index >= 15 is 0 Å². The maximum Gasteiger partial charge on any atom is 0.313 e. The molecule has 2 aromatic heterocycles. The number of aromatic nitrogens is 4. The van der Waals surface area contributed by atoms with Crippen molar-refractivity contribution in [2.75, 3.05) is 5.75 Å². The molecule has 0 aliphatic heterocycles. The number of nitrogens with zero attached hydrogens (tertiary/aromatic N) is 4. The summed E-state index contributed by atoms with van der Waals surface area (Å²) in [6, 6.07) is 5.28. The molecule has 1 aliphatic rings. The van der Waals surface area contributed by atoms with Gasteiger partial charge in [0.05, 0.1) is 11.4 Å². The van der Waals surface area contributed by atoms with Crippen molar-refractivity contribution in [2.24, 2.45) is 0 Å². The van der Waals surface area contributed by atoms with Gasteiger partial charge in [0.15, 0.2) is 11.0 Å². The van der Waals surface area contributed by atoms with E-state index in [1.807, 2.05) is 6.07 Å². The van der Waals surface area contributed by atoms with Crippen LogP contribution in [0.15, 0.2) is 23.2 Å². The van der Waals surface area contributed by atoms with E-state index in [4.69, 9.17) is 16.7 Å². The Morgan fingerprint density at radius 3 is 2.85 bits per heavy atom. The molecule has 3 rings (SSSR count). The first-order valence-corrected chi connectivity index (χ1v) is 7.44. The Morgan fingerprint density at radius 1 is 1.45 bits per heavy atom. The minimum atomic E-state index is -0.863. The third-order valence-corrected chi connectivity index (χ3v) is 4.05. The van der Waals surface area contributed by atoms with Gasteiger partial charge in [-0.05, 0) is 31.0 Å². The van der Waals surface area contributed by atoms with E-state index in [0.29, 0.717) is 16.9 Å². The standard InChI is InChI=1S/C12H11ClN4O2S/c13-9-3-4-10(15-14-9)17-11(20-6-12(18)19)5-8(16-17)7-1-2-7/h3-5,7H,1-2,6H2,(H,18,19). The van der Waals surface area contributed by atoms with E-state index in [1.54, 1.807) is 16.8 Å². The molecule has 0 spiro atoms. The molecule has 104 valence electrons. The molecule has 8 heteroatoms. The fourth-order valence-electron chi connectivity index (χ4n) is 1.78. The summed E-state index contributed by atoms with van der Waals surface area (Å²) in [5.74, 6) is 0.143. The van der Waals surface area contributed by atoms with Crippen LogP contribution in [0, 0.1) is 0 Å². The third-order valence-electron chi connectivity index (χ3n) is 2.87. The fraction of sp³-hybridized carbons (Fsp3) is 0.333. The zero-order chi connectivity index (χ0) is 14.1. The summed E-state index contributed by atoms with van der Waals surface area (Å²) in [6.45, 7) is 0. The number of rotatable bonds is 5. The lowest BCUT2D eigenvalue weighted by Gasteiger charge is -2.04. The number of carboxylic acid groups (broad SMARTS) is 1. The molecule has 0 bridgehead atoms. The topological polar surface area (TPSA) is 80.9 Å². The summed E-state index contributed by atoms with van der Waals surface area (Å²) >= 11 is 6.94. The molecular weight excluding hydrogens is 300 g/mol. The maximum atomic E-state index is 10.7. The largest absolute Gasteiger partial charge is 0.481 e. The van der Waals surface area contributed by atoms with E-state index in [9.17, 15) is 4.79 Å². The van der Waals surface area contributed by atoms with Gasteiger partial charge in [-0.1, -0.05) is 23.4 Å². The van der Waals surface area contributed by atoms with Crippen LogP contribution in [0.25, 0.3) is 5.82 Å². The number of carbonyl (C=O) groups is 1. The molecule has 0 radical (unpaired) electrons. The molecule has 20 heavy (non-hydrogen) atoms. The second-order valence-corrected chi connectivity index (χ2v) is 5.87. The van der Waals surface area contributed by atoms with Gasteiger partial charge in [0, 0.05) is 5.92 Å². The molecule has 2 heterocycles. The third kappa shape index (κ3) is 2.94. The first kappa shape index (κ1) is 13.4. The summed E-state index contributed by atoms with van der Waals surface area (Å²) in [5, 5.41) is 22.2. The molecule has 1 fully saturated rings. The van der Waals surface area contributed by atoms with Crippen LogP contribution >= 0.6 is 23.4 Å². The summed E-state index contributed by atoms with van der Waals surface area (Å²) in [7, 11) is 0. The zero-order valence-corrected chi connectivity index (χ0v) is 11.9. The molecule has 1 saturated carbocycles. The highest BCUT2D eigenvalue weighted by molar-refractivity contribution is 7.99. The highest BCUT2D eigenvalue weighted by atomic mass is 35.5. The Bertz CT molecular complexity index is 639. The van der Waals surface area contributed by atoms with Gasteiger partial charge in [-0.3, -0.25) is 4.79 Å². The van der Waals surface area contributed by atoms with Crippen LogP contribution in [0.2, 0.25) is 5.15 Å². The Morgan fingerprint density at radius 2 is 2.25 bits per heavy atom. The monoisotopic (exact) mass is 310 g/mol. The SMILES string of the molecule is O=C(O)CSc1cc(C2CC2)nn1-c1ccc(Cl)nn1. The van der Waals surface area contributed by atoms with E-state index < -0.39 is 5.97 Å². The molecule has 1 N–H and O–H groups in total. The van der Waals surface area contributed by atoms with Crippen molar-refractivity contribution in [3.05, 3.63) is 29.0 Å². The minimum absolute atomic E-state index is 0.0170. The second kappa shape index (κ2) is 5.41. The summed E-state index contributed by atoms with van der Waals surface area (Å²) in [4.78, 5) is 10.7. The van der Waals surface area contributed by atoms with Crippen LogP contribution < -0.4 is 0 Å². The molecule has 0 aromatic carbocycles. The molecular formula is C12H11ClN4O2S. The Hall–Kier alpha value is -1.60. The molecule has 6 nitrogen and oxygen atoms in total. The highest BCUT2D eigenvalue weighted by Crippen LogP contribution is 2.40. The average Bonchev–Trinajstić information content (AvgIpc) is 3.18. The van der Waals surface area contributed by atoms with Crippen molar-refractivity contribution in [1.82, 2.24) is 20.0 Å². The number of thioether (sulfide) groups is 1. The van der Waals surface area contributed by atoms with Crippen molar-refractivity contribution >= 4 is 29.3 Å². The number of halogens is 1. The van der Waals surface area contributed by atoms with Crippen LogP contribution in [0.3, 0.4) is 0 Å². The highest BCUT2D eigenvalue weighted by Gasteiger charge is 2.28. The van der Waals surface area contributed by atoms with E-state index in [1.165, 1.54) is 11.8 Å². The van der Waals surface area contributed by atoms with Gasteiger partial charge in [0.2, 0.25) is 0 Å². The fourth-order valence-corrected chi connectivity index (χ4v) is 2.62. The number of carboxylic acids is 1. The van der Waals surface area contributed by atoms with E-state index in [0.717, 1.165) is 23.6 Å². The smallest absolute Gasteiger partial charge is 0.313 e. The van der Waals surface area contributed by atoms with Gasteiger partial charge in [0.1, 0.15) is 5.03 Å². The van der Waals surface area contributed by atoms with Crippen molar-refractivity contribution in [2.45, 2.75) is 23.8 Å². The Balaban J connectivity index is 1.93. The number of hydrogen-bond acceptors (Lipinski definition) is 5. The average molecular weight is 311 g/mol. The predicted molar refractivity (Wildman–Crippen MR) is 74.5 cm³/mol. The lowest BCUT2D eigenvalue weighted by Crippen LogP contribution is -2.05. The van der Waals surface area contributed by atoms with Gasteiger partial charge in [-0.15, -0.1) is 10.2 Å². The predicted octanol–water partition coefficient (Wildman–Crippen LogP) is 2.37. The Labute approximate surface area is 124 Å². The van der Waals surface area contributed by atoms with Gasteiger partial charge in [-0.2, -0.15) is 5.10 Å². The lowest BCUT2D eigenvalue weighted by atomic mass is 10.3. The van der Waals surface area contributed by atoms with Crippen LogP contribution in [-0.2, 0) is 4.79 Å². The Kier molecular flexibility index (Phi) is 3.62. The van der Waals surface area contributed by atoms with Crippen LogP contribution in [0.5, 0.6) is 0 Å². The van der Waals surface area contributed by atoms with Crippen LogP contribution in [0.4, 0.5) is 0 Å². The maximum absolute atomic E-state index is 10.7. The van der Waals surface area contributed by atoms with Gasteiger partial charge < -0.3 is 5.11 Å². The summed E-state index contributed by atoms with van der Waals surface area (Å²) in [6.07, 6.45) is 2.26. The number of hydrogen-bond donors (Lipinski definition) is 1. The molecule has 0 saturated heterocycles. The lowest BCUT2D eigenvalue weighted by molar-refractivity contribution is -0.133. The summed E-state index contributed by atoms with van der Waals surface area (Å²) < 4.78 is 1.63. The van der Waals surface area contributed by atoms with Crippen molar-refractivity contribution in [3.63, 3.8) is 0 Å². The molecule has 2 aromatic rings. The number of aliphatic carboxylic acids is 1. The van der Waals surface area contributed by atoms with Crippen LogP contribution in [0.1, 0.15) is 24.5 Å². The molecule has 0 atom stereocenters. The minimum Gasteiger partial charge on any atom is -0.481 e. The molecule has 1 aliphatic carbocycles. The molecule has 0 unspecified atom stereocenters. The second-order valence-electron chi connectivity index (χ2n) is 4.49. The normalized spacial score (nSPS) is 14.4. The first-order valence-electron chi connectivity index (χ1n) is 6.07. The van der Waals surface area contributed by atoms with E-state index in [2.05, 4.69) is 15.3 Å². The van der Waals surface area contributed by atoms with Crippen molar-refractivity contribution < 1.29 is 9.90 Å². The summed E-state index contributed by atoms with van der Waals surface area (Å²) in [5.41, 5.74) is 0.981. The zero-order valence-electron chi connectivity index (χ0n) is 10.4. The van der Waals surface area contributed by atoms with E-state index in [-0.39, 0.29) is 5.75 Å². The van der Waals surface area contributed by atoms with Gasteiger partial charge >= 0.3 is 5.97 Å².